The van der Waals surface area contributed by atoms with Gasteiger partial charge in [-0.3, -0.25) is 5.32 Å². The van der Waals surface area contributed by atoms with Crippen molar-refractivity contribution in [2.75, 3.05) is 27.9 Å². The van der Waals surface area contributed by atoms with Crippen LogP contribution in [0, 0.1) is 0 Å². The molecule has 2 N–H and O–H groups in total. The third-order valence-corrected chi connectivity index (χ3v) is 3.08. The second kappa shape index (κ2) is 7.67. The van der Waals surface area contributed by atoms with Crippen LogP contribution in [0.1, 0.15) is 17.4 Å². The Balaban J connectivity index is 2.15. The molecule has 1 unspecified atom stereocenters. The van der Waals surface area contributed by atoms with Crippen molar-refractivity contribution in [3.05, 3.63) is 35.7 Å². The Morgan fingerprint density at radius 1 is 1.14 bits per heavy atom. The summed E-state index contributed by atoms with van der Waals surface area (Å²) in [5, 5.41) is 17.5. The molecule has 1 atom stereocenters. The molecule has 0 aliphatic heterocycles. The normalized spacial score (nSPS) is 12.6. The van der Waals surface area contributed by atoms with E-state index in [2.05, 4.69) is 25.9 Å². The molecule has 0 radical (unpaired) electrons. The minimum atomic E-state index is -0.349. The monoisotopic (exact) mass is 293 g/mol. The lowest BCUT2D eigenvalue weighted by atomic mass is 10.1. The van der Waals surface area contributed by atoms with Crippen LogP contribution in [0.25, 0.3) is 0 Å². The first-order chi connectivity index (χ1) is 10.3. The fourth-order valence-electron chi connectivity index (χ4n) is 1.92. The zero-order chi connectivity index (χ0) is 15.1. The molecule has 1 aromatic carbocycles. The molecule has 1 aromatic heterocycles. The number of methoxy groups -OCH3 is 3. The minimum absolute atomic E-state index is 0.220. The summed E-state index contributed by atoms with van der Waals surface area (Å²) in [5.41, 5.74) is 0.989. The number of hydrogen-bond acceptors (Lipinski definition) is 7. The van der Waals surface area contributed by atoms with Gasteiger partial charge in [0.25, 0.3) is 0 Å². The third kappa shape index (κ3) is 3.97. The van der Waals surface area contributed by atoms with Crippen molar-refractivity contribution in [2.45, 2.75) is 12.3 Å². The molecule has 0 fully saturated rings. The standard InChI is InChI=1S/C13H19N5O3/c1-19-10-6-4-9(5-7-10)12(13-15-17-18-16-13)14-8-11(20-2)21-3/h4-7,11-12,14H,8H2,1-3H3,(H,15,16,17,18). The van der Waals surface area contributed by atoms with Crippen LogP contribution in [0.2, 0.25) is 0 Å². The minimum Gasteiger partial charge on any atom is -0.497 e. The number of H-pyrrole nitrogens is 1. The van der Waals surface area contributed by atoms with E-state index in [-0.39, 0.29) is 12.3 Å². The van der Waals surface area contributed by atoms with Crippen molar-refractivity contribution in [1.82, 2.24) is 25.9 Å². The molecule has 2 aromatic rings. The highest BCUT2D eigenvalue weighted by Crippen LogP contribution is 2.21. The van der Waals surface area contributed by atoms with E-state index < -0.39 is 0 Å². The van der Waals surface area contributed by atoms with Crippen molar-refractivity contribution in [3.8, 4) is 5.75 Å². The van der Waals surface area contributed by atoms with E-state index >= 15 is 0 Å². The van der Waals surface area contributed by atoms with E-state index in [0.29, 0.717) is 12.4 Å². The number of benzene rings is 1. The molecule has 2 rings (SSSR count). The lowest BCUT2D eigenvalue weighted by Crippen LogP contribution is -2.33. The van der Waals surface area contributed by atoms with Crippen LogP contribution in [0.4, 0.5) is 0 Å². The van der Waals surface area contributed by atoms with Crippen molar-refractivity contribution < 1.29 is 14.2 Å². The van der Waals surface area contributed by atoms with Gasteiger partial charge in [0, 0.05) is 20.8 Å². The van der Waals surface area contributed by atoms with Gasteiger partial charge in [-0.25, -0.2) is 0 Å². The zero-order valence-corrected chi connectivity index (χ0v) is 12.2. The summed E-state index contributed by atoms with van der Waals surface area (Å²) < 4.78 is 15.5. The highest BCUT2D eigenvalue weighted by Gasteiger charge is 2.20. The Kier molecular flexibility index (Phi) is 5.61. The van der Waals surface area contributed by atoms with E-state index in [1.165, 1.54) is 0 Å². The van der Waals surface area contributed by atoms with E-state index in [1.54, 1.807) is 21.3 Å². The smallest absolute Gasteiger partial charge is 0.195 e. The third-order valence-electron chi connectivity index (χ3n) is 3.08. The van der Waals surface area contributed by atoms with Crippen molar-refractivity contribution in [1.29, 1.82) is 0 Å². The maximum atomic E-state index is 5.17. The molecule has 21 heavy (non-hydrogen) atoms. The zero-order valence-electron chi connectivity index (χ0n) is 12.2. The first-order valence-corrected chi connectivity index (χ1v) is 6.44. The summed E-state index contributed by atoms with van der Waals surface area (Å²) in [7, 11) is 4.81. The largest absolute Gasteiger partial charge is 0.497 e. The molecule has 0 aliphatic carbocycles. The predicted octanol–water partition coefficient (Wildman–Crippen LogP) is 0.506. The summed E-state index contributed by atoms with van der Waals surface area (Å²) in [6.45, 7) is 0.484. The van der Waals surface area contributed by atoms with Crippen molar-refractivity contribution >= 4 is 0 Å². The first kappa shape index (κ1) is 15.4. The molecule has 114 valence electrons. The fraction of sp³-hybridized carbons (Fsp3) is 0.462. The van der Waals surface area contributed by atoms with Gasteiger partial charge in [0.2, 0.25) is 0 Å². The Bertz CT molecular complexity index is 513. The molecule has 0 bridgehead atoms. The average Bonchev–Trinajstić information content (AvgIpc) is 3.06. The molecule has 8 nitrogen and oxygen atoms in total. The van der Waals surface area contributed by atoms with Gasteiger partial charge in [-0.05, 0) is 17.7 Å². The highest BCUT2D eigenvalue weighted by molar-refractivity contribution is 5.31. The summed E-state index contributed by atoms with van der Waals surface area (Å²) in [5.74, 6) is 1.34. The molecule has 0 saturated carbocycles. The number of tetrazole rings is 1. The summed E-state index contributed by atoms with van der Waals surface area (Å²) in [6.07, 6.45) is -0.349. The SMILES string of the molecule is COc1ccc(C(NCC(OC)OC)c2nn[nH]n2)cc1. The number of ether oxygens (including phenoxy) is 3. The molecular formula is C13H19N5O3. The van der Waals surface area contributed by atoms with Gasteiger partial charge in [0.15, 0.2) is 12.1 Å². The van der Waals surface area contributed by atoms with Crippen LogP contribution in [0.3, 0.4) is 0 Å². The van der Waals surface area contributed by atoms with Gasteiger partial charge in [-0.2, -0.15) is 5.21 Å². The highest BCUT2D eigenvalue weighted by atomic mass is 16.7. The fourth-order valence-corrected chi connectivity index (χ4v) is 1.92. The van der Waals surface area contributed by atoms with Gasteiger partial charge < -0.3 is 14.2 Å². The Morgan fingerprint density at radius 2 is 1.86 bits per heavy atom. The molecule has 0 saturated heterocycles. The first-order valence-electron chi connectivity index (χ1n) is 6.44. The van der Waals surface area contributed by atoms with Crippen LogP contribution in [0.15, 0.2) is 24.3 Å². The number of hydrogen-bond donors (Lipinski definition) is 2. The lowest BCUT2D eigenvalue weighted by molar-refractivity contribution is -0.0995. The lowest BCUT2D eigenvalue weighted by Gasteiger charge is -2.20. The summed E-state index contributed by atoms with van der Waals surface area (Å²) >= 11 is 0. The summed E-state index contributed by atoms with van der Waals surface area (Å²) in [4.78, 5) is 0. The van der Waals surface area contributed by atoms with E-state index in [9.17, 15) is 0 Å². The molecule has 1 heterocycles. The van der Waals surface area contributed by atoms with Gasteiger partial charge in [0.05, 0.1) is 13.2 Å². The van der Waals surface area contributed by atoms with Crippen LogP contribution < -0.4 is 10.1 Å². The van der Waals surface area contributed by atoms with Crippen molar-refractivity contribution in [2.24, 2.45) is 0 Å². The number of rotatable bonds is 8. The maximum Gasteiger partial charge on any atom is 0.195 e. The van der Waals surface area contributed by atoms with Crippen LogP contribution in [-0.2, 0) is 9.47 Å². The van der Waals surface area contributed by atoms with Crippen LogP contribution in [0.5, 0.6) is 5.75 Å². The maximum absolute atomic E-state index is 5.17. The molecule has 0 amide bonds. The number of nitrogens with one attached hydrogen (secondary N) is 2. The van der Waals surface area contributed by atoms with Crippen LogP contribution >= 0.6 is 0 Å². The molecule has 0 aliphatic rings. The molecule has 8 heteroatoms. The van der Waals surface area contributed by atoms with Crippen LogP contribution in [-0.4, -0.2) is 54.8 Å². The van der Waals surface area contributed by atoms with Gasteiger partial charge >= 0.3 is 0 Å². The Labute approximate surface area is 122 Å². The van der Waals surface area contributed by atoms with E-state index in [0.717, 1.165) is 11.3 Å². The van der Waals surface area contributed by atoms with Gasteiger partial charge in [0.1, 0.15) is 5.75 Å². The topological polar surface area (TPSA) is 94.2 Å². The molecular weight excluding hydrogens is 274 g/mol. The quantitative estimate of drug-likeness (QED) is 0.685. The predicted molar refractivity (Wildman–Crippen MR) is 74.8 cm³/mol. The van der Waals surface area contributed by atoms with E-state index in [4.69, 9.17) is 14.2 Å². The van der Waals surface area contributed by atoms with Gasteiger partial charge in [-0.1, -0.05) is 17.3 Å². The second-order valence-corrected chi connectivity index (χ2v) is 4.29. The Hall–Kier alpha value is -2.03. The number of aromatic nitrogens is 4. The second-order valence-electron chi connectivity index (χ2n) is 4.29. The summed E-state index contributed by atoms with van der Waals surface area (Å²) in [6, 6.07) is 7.44. The van der Waals surface area contributed by atoms with Gasteiger partial charge in [-0.15, -0.1) is 10.2 Å². The molecule has 0 spiro atoms. The Morgan fingerprint density at radius 3 is 2.38 bits per heavy atom. The number of aromatic amines is 1. The number of nitrogens with zero attached hydrogens (tertiary/aromatic N) is 3. The average molecular weight is 293 g/mol. The van der Waals surface area contributed by atoms with Crippen molar-refractivity contribution in [3.63, 3.8) is 0 Å². The van der Waals surface area contributed by atoms with E-state index in [1.807, 2.05) is 24.3 Å².